The highest BCUT2D eigenvalue weighted by Crippen LogP contribution is 2.22. The molecule has 0 aliphatic carbocycles. The van der Waals surface area contributed by atoms with Gasteiger partial charge < -0.3 is 10.1 Å². The summed E-state index contributed by atoms with van der Waals surface area (Å²) in [6.45, 7) is -0.840. The van der Waals surface area contributed by atoms with Gasteiger partial charge in [0.2, 0.25) is 0 Å². The minimum atomic E-state index is -0.834. The fourth-order valence-corrected chi connectivity index (χ4v) is 2.73. The summed E-state index contributed by atoms with van der Waals surface area (Å²) in [6.07, 6.45) is 0. The molecule has 154 valence electrons. The summed E-state index contributed by atoms with van der Waals surface area (Å²) < 4.78 is 5.00. The van der Waals surface area contributed by atoms with Gasteiger partial charge in [-0.25, -0.2) is 14.5 Å². The zero-order chi connectivity index (χ0) is 21.8. The summed E-state index contributed by atoms with van der Waals surface area (Å²) in [6, 6.07) is 10.1. The average molecular weight is 412 g/mol. The monoisotopic (exact) mass is 412 g/mol. The lowest BCUT2D eigenvalue weighted by molar-refractivity contribution is -0.384. The number of nitrogens with one attached hydrogen (secondary N) is 1. The minimum absolute atomic E-state index is 0.0429. The predicted octanol–water partition coefficient (Wildman–Crippen LogP) is 1.54. The first-order valence-electron chi connectivity index (χ1n) is 8.67. The summed E-state index contributed by atoms with van der Waals surface area (Å²) in [5.41, 5.74) is 0.661. The third-order valence-corrected chi connectivity index (χ3v) is 4.36. The Morgan fingerprint density at radius 1 is 1.07 bits per heavy atom. The molecule has 1 N–H and O–H groups in total. The Hall–Kier alpha value is -4.28. The zero-order valence-electron chi connectivity index (χ0n) is 15.7. The van der Waals surface area contributed by atoms with E-state index in [0.29, 0.717) is 11.3 Å². The van der Waals surface area contributed by atoms with Gasteiger partial charge in [-0.1, -0.05) is 0 Å². The van der Waals surface area contributed by atoms with Crippen LogP contribution >= 0.6 is 0 Å². The average Bonchev–Trinajstić information content (AvgIpc) is 3.05. The van der Waals surface area contributed by atoms with Crippen LogP contribution in [0.5, 0.6) is 0 Å². The second-order valence-corrected chi connectivity index (χ2v) is 6.18. The van der Waals surface area contributed by atoms with Gasteiger partial charge in [0, 0.05) is 30.4 Å². The zero-order valence-corrected chi connectivity index (χ0v) is 15.7. The van der Waals surface area contributed by atoms with Crippen LogP contribution in [0.1, 0.15) is 20.7 Å². The minimum Gasteiger partial charge on any atom is -0.440 e. The molecule has 4 amide bonds. The number of esters is 1. The van der Waals surface area contributed by atoms with Crippen molar-refractivity contribution in [3.63, 3.8) is 0 Å². The number of imide groups is 1. The lowest BCUT2D eigenvalue weighted by Gasteiger charge is -2.17. The van der Waals surface area contributed by atoms with E-state index in [1.807, 2.05) is 0 Å². The Bertz CT molecular complexity index is 1020. The van der Waals surface area contributed by atoms with Gasteiger partial charge in [0.05, 0.1) is 10.5 Å². The van der Waals surface area contributed by atoms with Gasteiger partial charge in [0.25, 0.3) is 17.5 Å². The van der Waals surface area contributed by atoms with E-state index in [4.69, 9.17) is 4.74 Å². The summed E-state index contributed by atoms with van der Waals surface area (Å²) in [4.78, 5) is 60.4. The molecule has 11 heteroatoms. The van der Waals surface area contributed by atoms with Gasteiger partial charge in [0.15, 0.2) is 6.73 Å². The van der Waals surface area contributed by atoms with Crippen LogP contribution in [-0.4, -0.2) is 54.0 Å². The highest BCUT2D eigenvalue weighted by molar-refractivity contribution is 6.12. The Morgan fingerprint density at radius 3 is 2.23 bits per heavy atom. The number of carbonyl (C=O) groups excluding carboxylic acids is 4. The number of carbonyl (C=O) groups is 4. The number of nitrogens with zero attached hydrogens (tertiary/aromatic N) is 3. The molecule has 1 heterocycles. The van der Waals surface area contributed by atoms with Crippen LogP contribution in [0.2, 0.25) is 0 Å². The van der Waals surface area contributed by atoms with Crippen molar-refractivity contribution in [1.29, 1.82) is 0 Å². The van der Waals surface area contributed by atoms with Crippen LogP contribution in [-0.2, 0) is 9.53 Å². The van der Waals surface area contributed by atoms with Crippen molar-refractivity contribution in [3.05, 3.63) is 69.8 Å². The molecule has 0 radical (unpaired) electrons. The van der Waals surface area contributed by atoms with Gasteiger partial charge in [0.1, 0.15) is 6.54 Å². The maximum absolute atomic E-state index is 12.5. The lowest BCUT2D eigenvalue weighted by atomic mass is 10.2. The molecular weight excluding hydrogens is 396 g/mol. The molecule has 30 heavy (non-hydrogen) atoms. The summed E-state index contributed by atoms with van der Waals surface area (Å²) in [5, 5.41) is 13.1. The molecule has 1 aliphatic rings. The highest BCUT2D eigenvalue weighted by Gasteiger charge is 2.37. The number of amides is 4. The van der Waals surface area contributed by atoms with E-state index in [-0.39, 0.29) is 23.7 Å². The molecule has 0 aromatic heterocycles. The number of urea groups is 1. The van der Waals surface area contributed by atoms with E-state index in [2.05, 4.69) is 5.32 Å². The second kappa shape index (κ2) is 8.39. The molecule has 0 unspecified atom stereocenters. The number of ether oxygens (including phenoxy) is 1. The van der Waals surface area contributed by atoms with E-state index < -0.39 is 29.6 Å². The third-order valence-electron chi connectivity index (χ3n) is 4.36. The molecule has 3 rings (SSSR count). The van der Waals surface area contributed by atoms with Crippen LogP contribution in [0.15, 0.2) is 48.5 Å². The predicted molar refractivity (Wildman–Crippen MR) is 103 cm³/mol. The SMILES string of the molecule is CNC(=O)c1ccc(N2CC(=O)N(COC(=O)c3ccc([N+](=O)[O-])cc3)C2=O)cc1. The van der Waals surface area contributed by atoms with E-state index >= 15 is 0 Å². The lowest BCUT2D eigenvalue weighted by Crippen LogP contribution is -2.35. The molecule has 1 aliphatic heterocycles. The van der Waals surface area contributed by atoms with Crippen molar-refractivity contribution in [2.24, 2.45) is 0 Å². The third kappa shape index (κ3) is 4.09. The maximum Gasteiger partial charge on any atom is 0.339 e. The largest absolute Gasteiger partial charge is 0.440 e. The molecule has 1 fully saturated rings. The van der Waals surface area contributed by atoms with Crippen LogP contribution in [0.25, 0.3) is 0 Å². The van der Waals surface area contributed by atoms with Crippen molar-refractivity contribution < 1.29 is 28.8 Å². The smallest absolute Gasteiger partial charge is 0.339 e. The number of non-ortho nitro benzene ring substituents is 1. The van der Waals surface area contributed by atoms with Crippen molar-refractivity contribution in [2.45, 2.75) is 0 Å². The van der Waals surface area contributed by atoms with Crippen LogP contribution < -0.4 is 10.2 Å². The summed E-state index contributed by atoms with van der Waals surface area (Å²) in [5.74, 6) is -1.68. The molecular formula is C19H16N4O7. The van der Waals surface area contributed by atoms with Crippen LogP contribution in [0.4, 0.5) is 16.2 Å². The van der Waals surface area contributed by atoms with Crippen molar-refractivity contribution in [2.75, 3.05) is 25.2 Å². The highest BCUT2D eigenvalue weighted by atomic mass is 16.6. The van der Waals surface area contributed by atoms with Crippen LogP contribution in [0, 0.1) is 10.1 Å². The number of nitro groups is 1. The van der Waals surface area contributed by atoms with Crippen molar-refractivity contribution in [3.8, 4) is 0 Å². The molecule has 1 saturated heterocycles. The fourth-order valence-electron chi connectivity index (χ4n) is 2.73. The number of hydrogen-bond donors (Lipinski definition) is 1. The molecule has 0 spiro atoms. The Kier molecular flexibility index (Phi) is 5.72. The van der Waals surface area contributed by atoms with Gasteiger partial charge in [-0.3, -0.25) is 24.6 Å². The van der Waals surface area contributed by atoms with E-state index in [9.17, 15) is 29.3 Å². The Balaban J connectivity index is 1.64. The first-order valence-corrected chi connectivity index (χ1v) is 8.67. The fraction of sp³-hybridized carbons (Fsp3) is 0.158. The van der Waals surface area contributed by atoms with Gasteiger partial charge in [-0.2, -0.15) is 0 Å². The second-order valence-electron chi connectivity index (χ2n) is 6.18. The van der Waals surface area contributed by atoms with Gasteiger partial charge >= 0.3 is 12.0 Å². The van der Waals surface area contributed by atoms with E-state index in [1.165, 1.54) is 48.3 Å². The number of hydrogen-bond acceptors (Lipinski definition) is 7. The quantitative estimate of drug-likeness (QED) is 0.328. The first kappa shape index (κ1) is 20.5. The van der Waals surface area contributed by atoms with Gasteiger partial charge in [-0.15, -0.1) is 0 Å². The summed E-state index contributed by atoms with van der Waals surface area (Å²) >= 11 is 0. The molecule has 2 aromatic rings. The standard InChI is InChI=1S/C19H16N4O7/c1-20-17(25)12-2-6-14(7-3-12)21-10-16(24)22(19(21)27)11-30-18(26)13-4-8-15(9-5-13)23(28)29/h2-9H,10-11H2,1H3,(H,20,25). The first-order chi connectivity index (χ1) is 14.3. The van der Waals surface area contributed by atoms with Crippen molar-refractivity contribution in [1.82, 2.24) is 10.2 Å². The topological polar surface area (TPSA) is 139 Å². The molecule has 0 atom stereocenters. The number of rotatable bonds is 6. The Labute approximate surface area is 170 Å². The molecule has 0 saturated carbocycles. The normalized spacial score (nSPS) is 13.4. The van der Waals surface area contributed by atoms with Crippen molar-refractivity contribution >= 4 is 35.2 Å². The van der Waals surface area contributed by atoms with Crippen LogP contribution in [0.3, 0.4) is 0 Å². The van der Waals surface area contributed by atoms with E-state index in [1.54, 1.807) is 0 Å². The molecule has 0 bridgehead atoms. The summed E-state index contributed by atoms with van der Waals surface area (Å²) in [7, 11) is 1.49. The Morgan fingerprint density at radius 2 is 1.67 bits per heavy atom. The molecule has 11 nitrogen and oxygen atoms in total. The number of anilines is 1. The number of benzene rings is 2. The molecule has 2 aromatic carbocycles. The number of nitro benzene ring substituents is 1. The maximum atomic E-state index is 12.5. The van der Waals surface area contributed by atoms with Gasteiger partial charge in [-0.05, 0) is 36.4 Å². The van der Waals surface area contributed by atoms with E-state index in [0.717, 1.165) is 17.0 Å².